The minimum atomic E-state index is -0.493. The Balaban J connectivity index is 3.01. The smallest absolute Gasteiger partial charge is 0.406 e. The lowest BCUT2D eigenvalue weighted by Gasteiger charge is -2.27. The average molecular weight is 292 g/mol. The Labute approximate surface area is 126 Å². The van der Waals surface area contributed by atoms with Gasteiger partial charge in [-0.3, -0.25) is 4.79 Å². The predicted molar refractivity (Wildman–Crippen MR) is 83.7 cm³/mol. The van der Waals surface area contributed by atoms with Gasteiger partial charge in [0.05, 0.1) is 12.8 Å². The average Bonchev–Trinajstić information content (AvgIpc) is 2.43. The molecule has 0 aliphatic rings. The van der Waals surface area contributed by atoms with Crippen LogP contribution in [-0.2, 0) is 9.53 Å². The van der Waals surface area contributed by atoms with Crippen LogP contribution >= 0.6 is 0 Å². The molecule has 1 aromatic rings. The fraction of sp³-hybridized carbons (Fsp3) is 0.500. The van der Waals surface area contributed by atoms with E-state index in [1.165, 1.54) is 14.0 Å². The molecule has 21 heavy (non-hydrogen) atoms. The zero-order chi connectivity index (χ0) is 16.0. The van der Waals surface area contributed by atoms with Crippen molar-refractivity contribution in [3.05, 3.63) is 29.3 Å². The largest absolute Gasteiger partial charge is 0.453 e. The summed E-state index contributed by atoms with van der Waals surface area (Å²) in [6, 6.07) is 6.03. The summed E-state index contributed by atoms with van der Waals surface area (Å²) in [6.45, 7) is 8.49. The van der Waals surface area contributed by atoms with Gasteiger partial charge in [-0.2, -0.15) is 0 Å². The van der Waals surface area contributed by atoms with Gasteiger partial charge in [-0.05, 0) is 24.0 Å². The third-order valence-corrected chi connectivity index (χ3v) is 3.33. The number of nitrogens with zero attached hydrogens (tertiary/aromatic N) is 1. The van der Waals surface area contributed by atoms with Crippen molar-refractivity contribution in [3.63, 3.8) is 0 Å². The van der Waals surface area contributed by atoms with Crippen molar-refractivity contribution in [2.24, 2.45) is 0 Å². The third kappa shape index (κ3) is 4.48. The van der Waals surface area contributed by atoms with Gasteiger partial charge in [0.1, 0.15) is 0 Å². The van der Waals surface area contributed by atoms with Crippen molar-refractivity contribution in [2.75, 3.05) is 25.1 Å². The summed E-state index contributed by atoms with van der Waals surface area (Å²) < 4.78 is 4.53. The number of anilines is 1. The Hall–Kier alpha value is -2.04. The maximum atomic E-state index is 12.0. The molecule has 1 N–H and O–H groups in total. The molecular formula is C16H24N2O3. The van der Waals surface area contributed by atoms with E-state index < -0.39 is 6.09 Å². The molecule has 0 atom stereocenters. The van der Waals surface area contributed by atoms with Crippen molar-refractivity contribution in [3.8, 4) is 0 Å². The molecule has 0 bridgehead atoms. The van der Waals surface area contributed by atoms with Crippen LogP contribution in [0.25, 0.3) is 0 Å². The SMILES string of the molecule is COC(=O)NCCN(C(C)=O)c1c(C)cccc1C(C)C. The number of amides is 2. The van der Waals surface area contributed by atoms with Gasteiger partial charge in [0.25, 0.3) is 0 Å². The normalized spacial score (nSPS) is 10.4. The van der Waals surface area contributed by atoms with Crippen LogP contribution in [0.1, 0.15) is 37.8 Å². The van der Waals surface area contributed by atoms with Crippen LogP contribution in [0.2, 0.25) is 0 Å². The number of nitrogens with one attached hydrogen (secondary N) is 1. The van der Waals surface area contributed by atoms with Crippen molar-refractivity contribution in [2.45, 2.75) is 33.6 Å². The van der Waals surface area contributed by atoms with Crippen molar-refractivity contribution < 1.29 is 14.3 Å². The standard InChI is InChI=1S/C16H24N2O3/c1-11(2)14-8-6-7-12(3)15(14)18(13(4)19)10-9-17-16(20)21-5/h6-8,11H,9-10H2,1-5H3,(H,17,20). The number of carbonyl (C=O) groups excluding carboxylic acids is 2. The first-order chi connectivity index (χ1) is 9.88. The Kier molecular flexibility index (Phi) is 6.21. The second-order valence-corrected chi connectivity index (χ2v) is 5.26. The van der Waals surface area contributed by atoms with Gasteiger partial charge in [-0.25, -0.2) is 4.79 Å². The molecule has 0 saturated carbocycles. The number of hydrogen-bond acceptors (Lipinski definition) is 3. The topological polar surface area (TPSA) is 58.6 Å². The summed E-state index contributed by atoms with van der Waals surface area (Å²) >= 11 is 0. The van der Waals surface area contributed by atoms with E-state index in [0.717, 1.165) is 16.8 Å². The first-order valence-corrected chi connectivity index (χ1v) is 7.08. The highest BCUT2D eigenvalue weighted by Crippen LogP contribution is 2.30. The summed E-state index contributed by atoms with van der Waals surface area (Å²) in [5.74, 6) is 0.271. The number of carbonyl (C=O) groups is 2. The fourth-order valence-electron chi connectivity index (χ4n) is 2.28. The molecule has 0 unspecified atom stereocenters. The number of ether oxygens (including phenoxy) is 1. The zero-order valence-corrected chi connectivity index (χ0v) is 13.4. The van der Waals surface area contributed by atoms with Gasteiger partial charge in [-0.1, -0.05) is 32.0 Å². The molecule has 5 nitrogen and oxygen atoms in total. The van der Waals surface area contributed by atoms with E-state index in [4.69, 9.17) is 0 Å². The second kappa shape index (κ2) is 7.67. The lowest BCUT2D eigenvalue weighted by Crippen LogP contribution is -2.38. The van der Waals surface area contributed by atoms with Crippen LogP contribution in [0.5, 0.6) is 0 Å². The molecule has 0 heterocycles. The van der Waals surface area contributed by atoms with Crippen LogP contribution in [0.15, 0.2) is 18.2 Å². The third-order valence-electron chi connectivity index (χ3n) is 3.33. The minimum absolute atomic E-state index is 0.0436. The lowest BCUT2D eigenvalue weighted by molar-refractivity contribution is -0.116. The first-order valence-electron chi connectivity index (χ1n) is 7.08. The summed E-state index contributed by atoms with van der Waals surface area (Å²) in [5.41, 5.74) is 3.12. The zero-order valence-electron chi connectivity index (χ0n) is 13.4. The van der Waals surface area contributed by atoms with E-state index in [0.29, 0.717) is 19.0 Å². The highest BCUT2D eigenvalue weighted by molar-refractivity contribution is 5.93. The molecule has 0 aliphatic carbocycles. The molecule has 5 heteroatoms. The lowest BCUT2D eigenvalue weighted by atomic mass is 9.97. The van der Waals surface area contributed by atoms with Gasteiger partial charge in [-0.15, -0.1) is 0 Å². The van der Waals surface area contributed by atoms with E-state index in [1.807, 2.05) is 25.1 Å². The Morgan fingerprint density at radius 2 is 2.00 bits per heavy atom. The quantitative estimate of drug-likeness (QED) is 0.908. The molecule has 2 amide bonds. The molecule has 0 aromatic heterocycles. The monoisotopic (exact) mass is 292 g/mol. The highest BCUT2D eigenvalue weighted by Gasteiger charge is 2.19. The van der Waals surface area contributed by atoms with Crippen molar-refractivity contribution >= 4 is 17.7 Å². The van der Waals surface area contributed by atoms with Crippen LogP contribution in [-0.4, -0.2) is 32.2 Å². The van der Waals surface area contributed by atoms with E-state index in [2.05, 4.69) is 23.9 Å². The van der Waals surface area contributed by atoms with Crippen LogP contribution < -0.4 is 10.2 Å². The molecule has 0 radical (unpaired) electrons. The number of methoxy groups -OCH3 is 1. The second-order valence-electron chi connectivity index (χ2n) is 5.26. The molecule has 116 valence electrons. The number of aryl methyl sites for hydroxylation is 1. The molecule has 1 aromatic carbocycles. The fourth-order valence-corrected chi connectivity index (χ4v) is 2.28. The number of benzene rings is 1. The Bertz CT molecular complexity index is 512. The van der Waals surface area contributed by atoms with E-state index in [9.17, 15) is 9.59 Å². The number of hydrogen-bond donors (Lipinski definition) is 1. The summed E-state index contributed by atoms with van der Waals surface area (Å²) in [7, 11) is 1.32. The maximum absolute atomic E-state index is 12.0. The Morgan fingerprint density at radius 1 is 1.33 bits per heavy atom. The van der Waals surface area contributed by atoms with Gasteiger partial charge < -0.3 is 15.0 Å². The minimum Gasteiger partial charge on any atom is -0.453 e. The maximum Gasteiger partial charge on any atom is 0.406 e. The van der Waals surface area contributed by atoms with E-state index in [-0.39, 0.29) is 5.91 Å². The van der Waals surface area contributed by atoms with Crippen LogP contribution in [0.3, 0.4) is 0 Å². The molecule has 0 saturated heterocycles. The van der Waals surface area contributed by atoms with Gasteiger partial charge in [0.15, 0.2) is 0 Å². The molecule has 0 aliphatic heterocycles. The number of para-hydroxylation sites is 1. The van der Waals surface area contributed by atoms with E-state index in [1.54, 1.807) is 4.90 Å². The van der Waals surface area contributed by atoms with Crippen LogP contribution in [0, 0.1) is 6.92 Å². The number of rotatable bonds is 5. The summed E-state index contributed by atoms with van der Waals surface area (Å²) in [6.07, 6.45) is -0.493. The van der Waals surface area contributed by atoms with Gasteiger partial charge >= 0.3 is 6.09 Å². The first kappa shape index (κ1) is 17.0. The van der Waals surface area contributed by atoms with Crippen molar-refractivity contribution in [1.29, 1.82) is 0 Å². The number of alkyl carbamates (subject to hydrolysis) is 1. The highest BCUT2D eigenvalue weighted by atomic mass is 16.5. The molecule has 0 spiro atoms. The summed E-state index contributed by atoms with van der Waals surface area (Å²) in [5, 5.41) is 2.60. The van der Waals surface area contributed by atoms with E-state index >= 15 is 0 Å². The molecular weight excluding hydrogens is 268 g/mol. The van der Waals surface area contributed by atoms with Crippen molar-refractivity contribution in [1.82, 2.24) is 5.32 Å². The van der Waals surface area contributed by atoms with Gasteiger partial charge in [0.2, 0.25) is 5.91 Å². The predicted octanol–water partition coefficient (Wildman–Crippen LogP) is 2.83. The van der Waals surface area contributed by atoms with Crippen LogP contribution in [0.4, 0.5) is 10.5 Å². The Morgan fingerprint density at radius 3 is 2.52 bits per heavy atom. The molecule has 1 rings (SSSR count). The molecule has 0 fully saturated rings. The van der Waals surface area contributed by atoms with Gasteiger partial charge in [0, 0.05) is 20.0 Å². The summed E-state index contributed by atoms with van der Waals surface area (Å²) in [4.78, 5) is 24.8.